The van der Waals surface area contributed by atoms with E-state index in [0.29, 0.717) is 0 Å². The molecule has 0 aliphatic carbocycles. The Morgan fingerprint density at radius 2 is 0.700 bits per heavy atom. The van der Waals surface area contributed by atoms with Gasteiger partial charge >= 0.3 is 59.1 Å². The molecule has 12 nitrogen and oxygen atoms in total. The first kappa shape index (κ1) is 36.6. The second-order valence-corrected chi connectivity index (χ2v) is 19.7. The van der Waals surface area contributed by atoms with Crippen molar-refractivity contribution in [1.82, 2.24) is 0 Å². The summed E-state index contributed by atoms with van der Waals surface area (Å²) < 4.78 is 136. The summed E-state index contributed by atoms with van der Waals surface area (Å²) >= 11 is -4.84. The molecule has 0 bridgehead atoms. The molecule has 0 amide bonds. The fraction of sp³-hybridized carbons (Fsp3) is 1.00. The zero-order valence-corrected chi connectivity index (χ0v) is 25.3. The summed E-state index contributed by atoms with van der Waals surface area (Å²) in [5.74, 6) is -5.52. The van der Waals surface area contributed by atoms with Gasteiger partial charge in [-0.3, -0.25) is 8.42 Å². The predicted octanol–water partition coefficient (Wildman–Crippen LogP) is -8.20. The molecular weight excluding hydrogens is 550 g/mol. The Bertz CT molecular complexity index is 902. The Morgan fingerprint density at radius 1 is 0.467 bits per heavy atom. The molecule has 0 aromatic rings. The second-order valence-electron chi connectivity index (χ2n) is 5.48. The molecule has 0 N–H and O–H groups in total. The standard InChI is InChI=1S/C10H22O12S6.2Na/c11-23(12)5-1-3-7-25(15,16)27(19,20)9-10-28(21,22)26(17,18)8-4-2-6-24(13)14;;/h1-10H2,(H,11,12)(H,13,14);;/q;2*+1/p-2. The molecule has 0 fully saturated rings. The first-order valence-electron chi connectivity index (χ1n) is 7.57. The van der Waals surface area contributed by atoms with Gasteiger partial charge in [0.05, 0.1) is 23.0 Å². The molecule has 0 aliphatic heterocycles. The van der Waals surface area contributed by atoms with Crippen LogP contribution in [0.2, 0.25) is 0 Å². The van der Waals surface area contributed by atoms with Crippen LogP contribution in [0.25, 0.3) is 0 Å². The molecule has 0 aromatic carbocycles. The van der Waals surface area contributed by atoms with Gasteiger partial charge < -0.3 is 9.11 Å². The van der Waals surface area contributed by atoms with Crippen LogP contribution in [0.15, 0.2) is 0 Å². The summed E-state index contributed by atoms with van der Waals surface area (Å²) in [6, 6.07) is 0. The van der Waals surface area contributed by atoms with Gasteiger partial charge in [0.25, 0.3) is 35.5 Å². The summed E-state index contributed by atoms with van der Waals surface area (Å²) in [5, 5.41) is 0. The van der Waals surface area contributed by atoms with Crippen LogP contribution in [0.3, 0.4) is 0 Å². The number of rotatable bonds is 15. The van der Waals surface area contributed by atoms with E-state index in [0.717, 1.165) is 0 Å². The Labute approximate surface area is 225 Å². The third-order valence-corrected chi connectivity index (χ3v) is 15.9. The summed E-state index contributed by atoms with van der Waals surface area (Å²) in [6.07, 6.45) is -0.819. The molecule has 2 atom stereocenters. The summed E-state index contributed by atoms with van der Waals surface area (Å²) in [6.45, 7) is 0. The van der Waals surface area contributed by atoms with Gasteiger partial charge in [0.2, 0.25) is 0 Å². The van der Waals surface area contributed by atoms with E-state index in [-0.39, 0.29) is 96.3 Å². The average Bonchev–Trinajstić information content (AvgIpc) is 2.53. The minimum absolute atomic E-state index is 0. The fourth-order valence-electron chi connectivity index (χ4n) is 1.71. The number of hydrogen-bond acceptors (Lipinski definition) is 12. The van der Waals surface area contributed by atoms with Crippen LogP contribution >= 0.6 is 0 Å². The van der Waals surface area contributed by atoms with Gasteiger partial charge in [-0.25, -0.2) is 33.7 Å². The van der Waals surface area contributed by atoms with Gasteiger partial charge in [-0.2, -0.15) is 0 Å². The average molecular weight is 571 g/mol. The third kappa shape index (κ3) is 13.7. The van der Waals surface area contributed by atoms with E-state index in [2.05, 4.69) is 0 Å². The molecule has 0 aliphatic rings. The van der Waals surface area contributed by atoms with Crippen LogP contribution in [0, 0.1) is 0 Å². The SMILES string of the molecule is O=S([O-])CCCCS(=O)(=O)S(=O)(=O)CCS(=O)(=O)S(=O)(=O)CCCCS(=O)[O-].[Na+].[Na+]. The maximum atomic E-state index is 11.9. The molecule has 0 heterocycles. The van der Waals surface area contributed by atoms with Gasteiger partial charge in [-0.1, -0.05) is 22.2 Å². The van der Waals surface area contributed by atoms with E-state index in [4.69, 9.17) is 0 Å². The van der Waals surface area contributed by atoms with Crippen molar-refractivity contribution >= 4 is 57.6 Å². The zero-order valence-electron chi connectivity index (χ0n) is 16.4. The van der Waals surface area contributed by atoms with Crippen LogP contribution < -0.4 is 59.1 Å². The van der Waals surface area contributed by atoms with Crippen LogP contribution in [0.5, 0.6) is 0 Å². The third-order valence-electron chi connectivity index (χ3n) is 3.27. The quantitative estimate of drug-likeness (QED) is 0.0776. The van der Waals surface area contributed by atoms with E-state index in [1.165, 1.54) is 0 Å². The minimum atomic E-state index is -5.00. The van der Waals surface area contributed by atoms with E-state index >= 15 is 0 Å². The van der Waals surface area contributed by atoms with Crippen LogP contribution in [0.4, 0.5) is 0 Å². The molecule has 20 heteroatoms. The van der Waals surface area contributed by atoms with Crippen molar-refractivity contribution in [2.75, 3.05) is 34.5 Å². The Kier molecular flexibility index (Phi) is 19.3. The first-order chi connectivity index (χ1) is 12.5. The van der Waals surface area contributed by atoms with Gasteiger partial charge in [0.15, 0.2) is 0 Å². The van der Waals surface area contributed by atoms with E-state index in [9.17, 15) is 51.2 Å². The topological polar surface area (TPSA) is 217 Å². The Balaban J connectivity index is -0.00000364. The van der Waals surface area contributed by atoms with E-state index < -0.39 is 80.6 Å². The molecular formula is C10H20Na2O12S6. The monoisotopic (exact) mass is 570 g/mol. The van der Waals surface area contributed by atoms with Crippen molar-refractivity contribution in [3.63, 3.8) is 0 Å². The summed E-state index contributed by atoms with van der Waals surface area (Å²) in [7, 11) is -19.6. The van der Waals surface area contributed by atoms with Crippen LogP contribution in [-0.4, -0.2) is 85.7 Å². The number of unbranched alkanes of at least 4 members (excludes halogenated alkanes) is 2. The van der Waals surface area contributed by atoms with Crippen LogP contribution in [-0.2, 0) is 57.6 Å². The molecule has 170 valence electrons. The maximum absolute atomic E-state index is 11.9. The van der Waals surface area contributed by atoms with Gasteiger partial charge in [-0.05, 0) is 25.7 Å². The molecule has 30 heavy (non-hydrogen) atoms. The molecule has 0 radical (unpaired) electrons. The van der Waals surface area contributed by atoms with Crippen molar-refractivity contribution < 1.29 is 110 Å². The summed E-state index contributed by atoms with van der Waals surface area (Å²) in [4.78, 5) is 0. The van der Waals surface area contributed by atoms with Crippen molar-refractivity contribution in [2.24, 2.45) is 0 Å². The van der Waals surface area contributed by atoms with Gasteiger partial charge in [0, 0.05) is 11.5 Å². The van der Waals surface area contributed by atoms with Gasteiger partial charge in [0.1, 0.15) is 0 Å². The Hall–Kier alpha value is 2.02. The smallest absolute Gasteiger partial charge is 0.772 e. The minimum Gasteiger partial charge on any atom is -0.772 e. The van der Waals surface area contributed by atoms with E-state index in [1.807, 2.05) is 0 Å². The van der Waals surface area contributed by atoms with Gasteiger partial charge in [-0.15, -0.1) is 0 Å². The molecule has 0 spiro atoms. The maximum Gasteiger partial charge on any atom is 1.00 e. The normalized spacial score (nSPS) is 14.9. The first-order valence-corrected chi connectivity index (χ1v) is 17.7. The summed E-state index contributed by atoms with van der Waals surface area (Å²) in [5.41, 5.74) is 0. The number of hydrogen-bond donors (Lipinski definition) is 0. The molecule has 2 unspecified atom stereocenters. The second kappa shape index (κ2) is 15.8. The van der Waals surface area contributed by atoms with Crippen LogP contribution in [0.1, 0.15) is 25.7 Å². The van der Waals surface area contributed by atoms with Crippen molar-refractivity contribution in [3.05, 3.63) is 0 Å². The van der Waals surface area contributed by atoms with Crippen molar-refractivity contribution in [1.29, 1.82) is 0 Å². The van der Waals surface area contributed by atoms with E-state index in [1.54, 1.807) is 0 Å². The predicted molar refractivity (Wildman–Crippen MR) is 101 cm³/mol. The fourth-order valence-corrected chi connectivity index (χ4v) is 11.3. The molecule has 0 saturated carbocycles. The molecule has 0 saturated heterocycles. The zero-order chi connectivity index (χ0) is 22.2. The Morgan fingerprint density at radius 3 is 0.933 bits per heavy atom. The van der Waals surface area contributed by atoms with Crippen molar-refractivity contribution in [3.8, 4) is 0 Å². The largest absolute Gasteiger partial charge is 1.00 e. The van der Waals surface area contributed by atoms with Crippen molar-refractivity contribution in [2.45, 2.75) is 25.7 Å². The molecule has 0 aromatic heterocycles. The molecule has 0 rings (SSSR count).